The Morgan fingerprint density at radius 2 is 1.70 bits per heavy atom. The first-order valence-electron chi connectivity index (χ1n) is 6.96. The molecule has 130 valence electrons. The zero-order chi connectivity index (χ0) is 16.6. The number of aliphatic hydroxyl groups is 1. The van der Waals surface area contributed by atoms with Crippen molar-refractivity contribution in [2.45, 2.75) is 50.6 Å². The Morgan fingerprint density at radius 1 is 1.13 bits per heavy atom. The molecule has 1 aromatic heterocycles. The van der Waals surface area contributed by atoms with E-state index in [1.807, 2.05) is 52.3 Å². The number of hydrogen-bond acceptors (Lipinski definition) is 7. The second-order valence-corrected chi connectivity index (χ2v) is 9.95. The summed E-state index contributed by atoms with van der Waals surface area (Å²) in [6, 6.07) is 3.74. The minimum atomic E-state index is -1.05. The van der Waals surface area contributed by atoms with Gasteiger partial charge in [0.1, 0.15) is 0 Å². The minimum absolute atomic E-state index is 0. The molecule has 1 N–H and O–H groups in total. The van der Waals surface area contributed by atoms with Crippen molar-refractivity contribution >= 4 is 45.9 Å². The van der Waals surface area contributed by atoms with E-state index in [2.05, 4.69) is 4.98 Å². The Morgan fingerprint density at radius 3 is 2.09 bits per heavy atom. The molecule has 2 rings (SSSR count). The highest BCUT2D eigenvalue weighted by Gasteiger charge is 2.51. The second kappa shape index (κ2) is 7.58. The first-order chi connectivity index (χ1) is 10.1. The van der Waals surface area contributed by atoms with E-state index in [1.54, 1.807) is 6.20 Å². The van der Waals surface area contributed by atoms with Crippen molar-refractivity contribution in [1.29, 1.82) is 0 Å². The number of nitrogens with zero attached hydrogens (tertiary/aromatic N) is 1. The zero-order valence-corrected chi connectivity index (χ0v) is 16.2. The molecule has 1 atom stereocenters. The van der Waals surface area contributed by atoms with Crippen LogP contribution in [0.3, 0.4) is 0 Å². The summed E-state index contributed by atoms with van der Waals surface area (Å²) >= 11 is 1.36. The highest BCUT2D eigenvalue weighted by molar-refractivity contribution is 8.78. The van der Waals surface area contributed by atoms with E-state index in [1.165, 1.54) is 33.3 Å². The standard InChI is InChI=1S/C14H22BNO3S3.CH4/c1-12(2)13(3,4)19-15(18-12)10-7-8-11(16-9-10)14(17,20-5)22-21-6;/h7-9,17H,1-6H3;1H4. The van der Waals surface area contributed by atoms with E-state index in [0.29, 0.717) is 5.69 Å². The van der Waals surface area contributed by atoms with Gasteiger partial charge in [-0.15, -0.1) is 11.8 Å². The van der Waals surface area contributed by atoms with Crippen LogP contribution in [0.15, 0.2) is 18.3 Å². The van der Waals surface area contributed by atoms with Gasteiger partial charge < -0.3 is 14.4 Å². The summed E-state index contributed by atoms with van der Waals surface area (Å²) in [5.41, 5.74) is 0.746. The summed E-state index contributed by atoms with van der Waals surface area (Å²) in [4.78, 5) is 4.42. The fourth-order valence-electron chi connectivity index (χ4n) is 2.00. The molecule has 1 aliphatic heterocycles. The number of pyridine rings is 1. The number of aromatic nitrogens is 1. The summed E-state index contributed by atoms with van der Waals surface area (Å²) in [5, 5.41) is 10.6. The molecule has 0 spiro atoms. The number of hydrogen-bond donors (Lipinski definition) is 1. The van der Waals surface area contributed by atoms with E-state index in [0.717, 1.165) is 5.46 Å². The fourth-order valence-corrected chi connectivity index (χ4v) is 5.20. The molecule has 23 heavy (non-hydrogen) atoms. The molecule has 0 aliphatic carbocycles. The maximum Gasteiger partial charge on any atom is 0.496 e. The lowest BCUT2D eigenvalue weighted by molar-refractivity contribution is 0.00578. The zero-order valence-electron chi connectivity index (χ0n) is 13.7. The second-order valence-electron chi connectivity index (χ2n) is 6.10. The van der Waals surface area contributed by atoms with Crippen LogP contribution < -0.4 is 5.46 Å². The van der Waals surface area contributed by atoms with Crippen molar-refractivity contribution in [2.24, 2.45) is 0 Å². The predicted octanol–water partition coefficient (Wildman–Crippen LogP) is 3.49. The third kappa shape index (κ3) is 4.22. The average Bonchev–Trinajstić information content (AvgIpc) is 2.68. The van der Waals surface area contributed by atoms with E-state index in [9.17, 15) is 5.11 Å². The van der Waals surface area contributed by atoms with Gasteiger partial charge in [0.15, 0.2) is 0 Å². The molecule has 0 bridgehead atoms. The molecule has 0 aromatic carbocycles. The third-order valence-corrected chi connectivity index (χ3v) is 7.76. The van der Waals surface area contributed by atoms with E-state index in [-0.39, 0.29) is 18.6 Å². The molecule has 1 aromatic rings. The quantitative estimate of drug-likeness (QED) is 0.480. The van der Waals surface area contributed by atoms with Gasteiger partial charge in [0.25, 0.3) is 0 Å². The SMILES string of the molecule is C.CSSC(O)(SC)c1ccc(B2OC(C)(C)C(C)(C)O2)cn1. The predicted molar refractivity (Wildman–Crippen MR) is 105 cm³/mol. The van der Waals surface area contributed by atoms with E-state index >= 15 is 0 Å². The Labute approximate surface area is 152 Å². The Kier molecular flexibility index (Phi) is 6.98. The molecule has 4 nitrogen and oxygen atoms in total. The highest BCUT2D eigenvalue weighted by Crippen LogP contribution is 2.46. The van der Waals surface area contributed by atoms with Gasteiger partial charge >= 0.3 is 7.12 Å². The summed E-state index contributed by atoms with van der Waals surface area (Å²) < 4.78 is 11.0. The monoisotopic (exact) mass is 375 g/mol. The van der Waals surface area contributed by atoms with Crippen LogP contribution >= 0.6 is 33.3 Å². The van der Waals surface area contributed by atoms with Crippen LogP contribution in [-0.4, -0.2) is 40.9 Å². The maximum absolute atomic E-state index is 10.6. The van der Waals surface area contributed by atoms with Crippen LogP contribution in [0.25, 0.3) is 0 Å². The molecule has 1 aliphatic rings. The van der Waals surface area contributed by atoms with Crippen LogP contribution in [0.5, 0.6) is 0 Å². The van der Waals surface area contributed by atoms with Crippen molar-refractivity contribution in [1.82, 2.24) is 4.98 Å². The van der Waals surface area contributed by atoms with Crippen LogP contribution in [-0.2, 0) is 13.6 Å². The lowest BCUT2D eigenvalue weighted by atomic mass is 9.80. The van der Waals surface area contributed by atoms with Crippen molar-refractivity contribution < 1.29 is 14.4 Å². The first-order valence-corrected chi connectivity index (χ1v) is 10.7. The summed E-state index contributed by atoms with van der Waals surface area (Å²) in [5.74, 6) is 0. The smallest absolute Gasteiger partial charge is 0.399 e. The lowest BCUT2D eigenvalue weighted by Gasteiger charge is -2.32. The normalized spacial score (nSPS) is 21.6. The van der Waals surface area contributed by atoms with Gasteiger partial charge in [-0.25, -0.2) is 0 Å². The average molecular weight is 375 g/mol. The summed E-state index contributed by atoms with van der Waals surface area (Å²) in [6.07, 6.45) is 5.52. The summed E-state index contributed by atoms with van der Waals surface area (Å²) in [7, 11) is 2.46. The Hall–Kier alpha value is 0.145. The molecule has 2 heterocycles. The Balaban J connectivity index is 0.00000264. The van der Waals surface area contributed by atoms with Crippen LogP contribution in [0.4, 0.5) is 0 Å². The molecule has 0 saturated carbocycles. The van der Waals surface area contributed by atoms with Gasteiger partial charge in [0.05, 0.1) is 16.9 Å². The Bertz CT molecular complexity index is 511. The van der Waals surface area contributed by atoms with Crippen molar-refractivity contribution in [3.05, 3.63) is 24.0 Å². The van der Waals surface area contributed by atoms with Gasteiger partial charge in [-0.3, -0.25) is 4.98 Å². The largest absolute Gasteiger partial charge is 0.496 e. The van der Waals surface area contributed by atoms with Gasteiger partial charge in [-0.1, -0.05) is 24.3 Å². The number of rotatable bonds is 5. The van der Waals surface area contributed by atoms with E-state index < -0.39 is 11.4 Å². The van der Waals surface area contributed by atoms with Crippen LogP contribution in [0, 0.1) is 0 Å². The molecule has 1 unspecified atom stereocenters. The molecular weight excluding hydrogens is 349 g/mol. The van der Waals surface area contributed by atoms with Gasteiger partial charge in [0.2, 0.25) is 4.27 Å². The molecule has 0 radical (unpaired) electrons. The molecule has 8 heteroatoms. The first kappa shape index (κ1) is 21.2. The minimum Gasteiger partial charge on any atom is -0.399 e. The van der Waals surface area contributed by atoms with Crippen molar-refractivity contribution in [3.8, 4) is 0 Å². The van der Waals surface area contributed by atoms with Crippen molar-refractivity contribution in [2.75, 3.05) is 12.5 Å². The van der Waals surface area contributed by atoms with Gasteiger partial charge in [-0.2, -0.15) is 0 Å². The molecule has 1 fully saturated rings. The lowest BCUT2D eigenvalue weighted by Crippen LogP contribution is -2.41. The van der Waals surface area contributed by atoms with Crippen molar-refractivity contribution in [3.63, 3.8) is 0 Å². The molecule has 0 amide bonds. The maximum atomic E-state index is 10.6. The van der Waals surface area contributed by atoms with Crippen LogP contribution in [0.1, 0.15) is 40.8 Å². The van der Waals surface area contributed by atoms with E-state index in [4.69, 9.17) is 9.31 Å². The van der Waals surface area contributed by atoms with Gasteiger partial charge in [0, 0.05) is 11.7 Å². The molecule has 1 saturated heterocycles. The van der Waals surface area contributed by atoms with Gasteiger partial charge in [-0.05, 0) is 57.1 Å². The fraction of sp³-hybridized carbons (Fsp3) is 0.667. The summed E-state index contributed by atoms with van der Waals surface area (Å²) in [6.45, 7) is 8.10. The number of thioether (sulfide) groups is 1. The molecular formula is C15H26BNO3S3. The van der Waals surface area contributed by atoms with Crippen LogP contribution in [0.2, 0.25) is 0 Å². The topological polar surface area (TPSA) is 51.6 Å². The highest BCUT2D eigenvalue weighted by atomic mass is 33.1. The third-order valence-electron chi connectivity index (χ3n) is 4.11.